The molecule has 0 aliphatic carbocycles. The summed E-state index contributed by atoms with van der Waals surface area (Å²) in [4.78, 5) is 17.9. The molecule has 142 valence electrons. The molecule has 0 bridgehead atoms. The summed E-state index contributed by atoms with van der Waals surface area (Å²) in [6.45, 7) is 7.35. The van der Waals surface area contributed by atoms with Gasteiger partial charge in [-0.3, -0.25) is 9.69 Å². The summed E-state index contributed by atoms with van der Waals surface area (Å²) in [5.74, 6) is 0.191. The Labute approximate surface area is 160 Å². The van der Waals surface area contributed by atoms with Crippen LogP contribution in [0.2, 0.25) is 5.02 Å². The SMILES string of the molecule is CC12COCC(N3CCCC3)C1N(C(=O)Cc1cccc(Cl)c1)CCN2. The molecule has 0 radical (unpaired) electrons. The van der Waals surface area contributed by atoms with Crippen LogP contribution in [0.3, 0.4) is 0 Å². The predicted octanol–water partition coefficient (Wildman–Crippen LogP) is 1.94. The van der Waals surface area contributed by atoms with E-state index in [1.165, 1.54) is 12.8 Å². The van der Waals surface area contributed by atoms with Gasteiger partial charge in [0, 0.05) is 18.1 Å². The molecule has 3 heterocycles. The quantitative estimate of drug-likeness (QED) is 0.874. The molecule has 0 saturated carbocycles. The summed E-state index contributed by atoms with van der Waals surface area (Å²) >= 11 is 6.10. The zero-order chi connectivity index (χ0) is 18.1. The van der Waals surface area contributed by atoms with Gasteiger partial charge in [0.25, 0.3) is 0 Å². The van der Waals surface area contributed by atoms with Gasteiger partial charge < -0.3 is 15.0 Å². The van der Waals surface area contributed by atoms with E-state index in [1.54, 1.807) is 0 Å². The molecule has 4 rings (SSSR count). The highest BCUT2D eigenvalue weighted by molar-refractivity contribution is 6.30. The Morgan fingerprint density at radius 2 is 2.15 bits per heavy atom. The van der Waals surface area contributed by atoms with Crippen LogP contribution in [-0.4, -0.2) is 72.7 Å². The minimum Gasteiger partial charge on any atom is -0.378 e. The largest absolute Gasteiger partial charge is 0.378 e. The van der Waals surface area contributed by atoms with E-state index < -0.39 is 0 Å². The number of fused-ring (bicyclic) bond motifs is 1. The van der Waals surface area contributed by atoms with Crippen LogP contribution in [0.4, 0.5) is 0 Å². The summed E-state index contributed by atoms with van der Waals surface area (Å²) in [6, 6.07) is 8.05. The fourth-order valence-electron chi connectivity index (χ4n) is 4.88. The number of piperazine rings is 1. The van der Waals surface area contributed by atoms with Crippen LogP contribution < -0.4 is 5.32 Å². The predicted molar refractivity (Wildman–Crippen MR) is 102 cm³/mol. The van der Waals surface area contributed by atoms with Gasteiger partial charge in [-0.1, -0.05) is 23.7 Å². The lowest BCUT2D eigenvalue weighted by molar-refractivity contribution is -0.150. The van der Waals surface area contributed by atoms with Crippen molar-refractivity contribution in [2.75, 3.05) is 39.4 Å². The number of benzene rings is 1. The monoisotopic (exact) mass is 377 g/mol. The standard InChI is InChI=1S/C20H28ClN3O2/c1-20-14-26-13-17(23-8-2-3-9-23)19(20)24(10-7-22-20)18(25)12-15-5-4-6-16(21)11-15/h4-6,11,17,19,22H,2-3,7-10,12-14H2,1H3. The van der Waals surface area contributed by atoms with Crippen molar-refractivity contribution in [3.8, 4) is 0 Å². The van der Waals surface area contributed by atoms with Crippen molar-refractivity contribution in [3.05, 3.63) is 34.9 Å². The van der Waals surface area contributed by atoms with Crippen molar-refractivity contribution < 1.29 is 9.53 Å². The van der Waals surface area contributed by atoms with Crippen LogP contribution in [0, 0.1) is 0 Å². The fourth-order valence-corrected chi connectivity index (χ4v) is 5.10. The molecule has 6 heteroatoms. The molecule has 3 aliphatic rings. The average molecular weight is 378 g/mol. The van der Waals surface area contributed by atoms with Crippen LogP contribution >= 0.6 is 11.6 Å². The number of carbonyl (C=O) groups is 1. The van der Waals surface area contributed by atoms with Crippen LogP contribution in [0.15, 0.2) is 24.3 Å². The maximum Gasteiger partial charge on any atom is 0.227 e. The lowest BCUT2D eigenvalue weighted by Gasteiger charge is -2.56. The number of hydrogen-bond acceptors (Lipinski definition) is 4. The van der Waals surface area contributed by atoms with Gasteiger partial charge in [-0.25, -0.2) is 0 Å². The molecule has 5 nitrogen and oxygen atoms in total. The Morgan fingerprint density at radius 1 is 1.35 bits per heavy atom. The van der Waals surface area contributed by atoms with E-state index in [2.05, 4.69) is 22.0 Å². The van der Waals surface area contributed by atoms with Crippen molar-refractivity contribution in [1.29, 1.82) is 0 Å². The van der Waals surface area contributed by atoms with Crippen molar-refractivity contribution in [1.82, 2.24) is 15.1 Å². The Bertz CT molecular complexity index is 660. The highest BCUT2D eigenvalue weighted by Crippen LogP contribution is 2.32. The summed E-state index contributed by atoms with van der Waals surface area (Å²) in [5.41, 5.74) is 0.792. The molecule has 1 aromatic carbocycles. The molecular formula is C20H28ClN3O2. The highest BCUT2D eigenvalue weighted by atomic mass is 35.5. The Hall–Kier alpha value is -1.14. The maximum absolute atomic E-state index is 13.2. The topological polar surface area (TPSA) is 44.8 Å². The van der Waals surface area contributed by atoms with Gasteiger partial charge in [-0.05, 0) is 50.6 Å². The van der Waals surface area contributed by atoms with Crippen LogP contribution in [0.1, 0.15) is 25.3 Å². The number of rotatable bonds is 3. The lowest BCUT2D eigenvalue weighted by Crippen LogP contribution is -2.76. The van der Waals surface area contributed by atoms with Crippen molar-refractivity contribution in [3.63, 3.8) is 0 Å². The van der Waals surface area contributed by atoms with Crippen molar-refractivity contribution in [2.45, 2.75) is 43.8 Å². The molecule has 3 saturated heterocycles. The van der Waals surface area contributed by atoms with Gasteiger partial charge in [0.2, 0.25) is 5.91 Å². The molecule has 1 aromatic rings. The van der Waals surface area contributed by atoms with E-state index >= 15 is 0 Å². The average Bonchev–Trinajstić information content (AvgIpc) is 3.14. The smallest absolute Gasteiger partial charge is 0.227 e. The number of nitrogens with one attached hydrogen (secondary N) is 1. The number of likely N-dealkylation sites (tertiary alicyclic amines) is 1. The molecule has 26 heavy (non-hydrogen) atoms. The van der Waals surface area contributed by atoms with Crippen LogP contribution in [-0.2, 0) is 16.0 Å². The molecule has 3 unspecified atom stereocenters. The minimum absolute atomic E-state index is 0.148. The molecule has 0 spiro atoms. The number of hydrogen-bond donors (Lipinski definition) is 1. The second-order valence-corrected chi connectivity index (χ2v) is 8.44. The number of halogens is 1. The third kappa shape index (κ3) is 3.50. The van der Waals surface area contributed by atoms with Gasteiger partial charge in [0.15, 0.2) is 0 Å². The van der Waals surface area contributed by atoms with Crippen molar-refractivity contribution >= 4 is 17.5 Å². The van der Waals surface area contributed by atoms with E-state index in [0.29, 0.717) is 24.7 Å². The van der Waals surface area contributed by atoms with E-state index in [4.69, 9.17) is 16.3 Å². The zero-order valence-corrected chi connectivity index (χ0v) is 16.2. The Morgan fingerprint density at radius 3 is 2.92 bits per heavy atom. The number of ether oxygens (including phenoxy) is 1. The van der Waals surface area contributed by atoms with Crippen LogP contribution in [0.25, 0.3) is 0 Å². The van der Waals surface area contributed by atoms with Gasteiger partial charge in [0.05, 0.1) is 37.3 Å². The van der Waals surface area contributed by atoms with E-state index in [-0.39, 0.29) is 23.5 Å². The molecule has 3 aliphatic heterocycles. The fraction of sp³-hybridized carbons (Fsp3) is 0.650. The number of carbonyl (C=O) groups excluding carboxylic acids is 1. The molecule has 1 N–H and O–H groups in total. The zero-order valence-electron chi connectivity index (χ0n) is 15.4. The maximum atomic E-state index is 13.2. The second-order valence-electron chi connectivity index (χ2n) is 8.01. The molecule has 3 fully saturated rings. The summed E-state index contributed by atoms with van der Waals surface area (Å²) in [7, 11) is 0. The normalized spacial score (nSPS) is 32.5. The lowest BCUT2D eigenvalue weighted by atomic mass is 9.81. The first-order valence-corrected chi connectivity index (χ1v) is 10.1. The van der Waals surface area contributed by atoms with Gasteiger partial charge in [-0.2, -0.15) is 0 Å². The first-order valence-electron chi connectivity index (χ1n) is 9.67. The first-order chi connectivity index (χ1) is 12.6. The first kappa shape index (κ1) is 18.2. The van der Waals surface area contributed by atoms with Gasteiger partial charge >= 0.3 is 0 Å². The third-order valence-electron chi connectivity index (χ3n) is 6.10. The van der Waals surface area contributed by atoms with E-state index in [1.807, 2.05) is 24.3 Å². The van der Waals surface area contributed by atoms with E-state index in [9.17, 15) is 4.79 Å². The summed E-state index contributed by atoms with van der Waals surface area (Å²) in [5, 5.41) is 4.32. The van der Waals surface area contributed by atoms with Gasteiger partial charge in [0.1, 0.15) is 0 Å². The minimum atomic E-state index is -0.187. The van der Waals surface area contributed by atoms with E-state index in [0.717, 1.165) is 31.7 Å². The van der Waals surface area contributed by atoms with Crippen LogP contribution in [0.5, 0.6) is 0 Å². The molecular weight excluding hydrogens is 350 g/mol. The Balaban J connectivity index is 1.57. The highest BCUT2D eigenvalue weighted by Gasteiger charge is 2.51. The second kappa shape index (κ2) is 7.47. The molecule has 3 atom stereocenters. The molecule has 0 aromatic heterocycles. The molecule has 1 amide bonds. The number of amides is 1. The van der Waals surface area contributed by atoms with Gasteiger partial charge in [-0.15, -0.1) is 0 Å². The third-order valence-corrected chi connectivity index (χ3v) is 6.33. The summed E-state index contributed by atoms with van der Waals surface area (Å²) < 4.78 is 5.97. The summed E-state index contributed by atoms with van der Waals surface area (Å²) in [6.07, 6.45) is 2.88. The van der Waals surface area contributed by atoms with Crippen molar-refractivity contribution in [2.24, 2.45) is 0 Å². The number of nitrogens with zero attached hydrogens (tertiary/aromatic N) is 2. The Kier molecular flexibility index (Phi) is 5.24.